The van der Waals surface area contributed by atoms with E-state index in [0.29, 0.717) is 5.75 Å². The Balaban J connectivity index is 2.57. The van der Waals surface area contributed by atoms with Gasteiger partial charge in [0, 0.05) is 21.8 Å². The van der Waals surface area contributed by atoms with Crippen LogP contribution in [0.4, 0.5) is 13.2 Å². The molecule has 2 nitrogen and oxygen atoms in total. The molecule has 18 heavy (non-hydrogen) atoms. The number of rotatable bonds is 5. The van der Waals surface area contributed by atoms with Crippen molar-refractivity contribution in [2.75, 3.05) is 12.4 Å². The third-order valence-corrected chi connectivity index (χ3v) is 3.26. The van der Waals surface area contributed by atoms with Gasteiger partial charge in [-0.1, -0.05) is 15.9 Å². The predicted molar refractivity (Wildman–Crippen MR) is 70.8 cm³/mol. The summed E-state index contributed by atoms with van der Waals surface area (Å²) in [6.07, 6.45) is 0. The molecule has 1 unspecified atom stereocenters. The summed E-state index contributed by atoms with van der Waals surface area (Å²) in [6, 6.07) is 5.02. The Morgan fingerprint density at radius 3 is 2.67 bits per heavy atom. The first-order valence-corrected chi connectivity index (χ1v) is 6.96. The van der Waals surface area contributed by atoms with Gasteiger partial charge in [0.25, 0.3) is 0 Å². The lowest BCUT2D eigenvalue weighted by molar-refractivity contribution is -0.0329. The molecule has 0 aliphatic heterocycles. The largest absolute Gasteiger partial charge is 0.492 e. The summed E-state index contributed by atoms with van der Waals surface area (Å²) in [5, 5.41) is 0. The molecular formula is C11H13BrF3NOS. The minimum atomic E-state index is -4.22. The Morgan fingerprint density at radius 1 is 1.44 bits per heavy atom. The summed E-state index contributed by atoms with van der Waals surface area (Å²) in [7, 11) is 0. The van der Waals surface area contributed by atoms with Gasteiger partial charge in [0.15, 0.2) is 0 Å². The van der Waals surface area contributed by atoms with E-state index in [9.17, 15) is 13.2 Å². The predicted octanol–water partition coefficient (Wildman–Crippen LogP) is 4.10. The van der Waals surface area contributed by atoms with Crippen molar-refractivity contribution in [3.63, 3.8) is 0 Å². The van der Waals surface area contributed by atoms with E-state index in [2.05, 4.69) is 15.9 Å². The normalized spacial score (nSPS) is 13.4. The highest BCUT2D eigenvalue weighted by atomic mass is 79.9. The fourth-order valence-electron chi connectivity index (χ4n) is 1.32. The van der Waals surface area contributed by atoms with Crippen LogP contribution in [0.3, 0.4) is 0 Å². The van der Waals surface area contributed by atoms with Gasteiger partial charge < -0.3 is 10.5 Å². The number of ether oxygens (including phenoxy) is 1. The second-order valence-electron chi connectivity index (χ2n) is 3.61. The first-order valence-electron chi connectivity index (χ1n) is 5.18. The molecule has 0 aliphatic carbocycles. The van der Waals surface area contributed by atoms with Gasteiger partial charge in [-0.3, -0.25) is 0 Å². The van der Waals surface area contributed by atoms with Crippen molar-refractivity contribution in [1.29, 1.82) is 0 Å². The molecule has 1 aromatic rings. The summed E-state index contributed by atoms with van der Waals surface area (Å²) in [6.45, 7) is 1.78. The zero-order chi connectivity index (χ0) is 13.8. The third-order valence-electron chi connectivity index (χ3n) is 2.07. The van der Waals surface area contributed by atoms with Crippen molar-refractivity contribution in [3.8, 4) is 5.75 Å². The maximum atomic E-state index is 11.9. The second-order valence-corrected chi connectivity index (χ2v) is 5.69. The third kappa shape index (κ3) is 5.49. The summed E-state index contributed by atoms with van der Waals surface area (Å²) in [5.41, 5.74) is 2.32. The van der Waals surface area contributed by atoms with Crippen LogP contribution in [0.25, 0.3) is 0 Å². The lowest BCUT2D eigenvalue weighted by atomic mass is 10.1. The molecule has 2 N–H and O–H groups in total. The molecule has 1 rings (SSSR count). The lowest BCUT2D eigenvalue weighted by Crippen LogP contribution is -2.11. The molecule has 0 bridgehead atoms. The Labute approximate surface area is 116 Å². The summed E-state index contributed by atoms with van der Waals surface area (Å²) in [4.78, 5) is 0. The number of benzene rings is 1. The Bertz CT molecular complexity index is 398. The molecule has 0 aromatic heterocycles. The molecule has 0 saturated heterocycles. The van der Waals surface area contributed by atoms with E-state index in [4.69, 9.17) is 10.5 Å². The number of hydrogen-bond acceptors (Lipinski definition) is 3. The quantitative estimate of drug-likeness (QED) is 0.817. The van der Waals surface area contributed by atoms with Crippen molar-refractivity contribution in [2.24, 2.45) is 5.73 Å². The van der Waals surface area contributed by atoms with Crippen molar-refractivity contribution < 1.29 is 17.9 Å². The fourth-order valence-corrected chi connectivity index (χ4v) is 2.09. The molecule has 1 atom stereocenters. The molecule has 0 heterocycles. The topological polar surface area (TPSA) is 35.2 Å². The van der Waals surface area contributed by atoms with Gasteiger partial charge in [-0.15, -0.1) is 0 Å². The molecule has 0 aliphatic rings. The molecule has 0 amide bonds. The van der Waals surface area contributed by atoms with E-state index < -0.39 is 5.51 Å². The van der Waals surface area contributed by atoms with Crippen molar-refractivity contribution >= 4 is 27.7 Å². The van der Waals surface area contributed by atoms with Gasteiger partial charge in [-0.05, 0) is 36.9 Å². The van der Waals surface area contributed by atoms with Crippen LogP contribution in [0.15, 0.2) is 22.7 Å². The van der Waals surface area contributed by atoms with Crippen molar-refractivity contribution in [2.45, 2.75) is 18.5 Å². The maximum Gasteiger partial charge on any atom is 0.441 e. The zero-order valence-electron chi connectivity index (χ0n) is 9.63. The monoisotopic (exact) mass is 343 g/mol. The maximum absolute atomic E-state index is 11.9. The van der Waals surface area contributed by atoms with Crippen molar-refractivity contribution in [1.82, 2.24) is 0 Å². The van der Waals surface area contributed by atoms with Crippen LogP contribution < -0.4 is 10.5 Å². The van der Waals surface area contributed by atoms with Crippen LogP contribution in [0, 0.1) is 0 Å². The van der Waals surface area contributed by atoms with Gasteiger partial charge in [0.05, 0.1) is 6.61 Å². The van der Waals surface area contributed by atoms with Crippen LogP contribution in [0.2, 0.25) is 0 Å². The first kappa shape index (κ1) is 15.7. The minimum absolute atomic E-state index is 0.00840. The van der Waals surface area contributed by atoms with E-state index in [0.717, 1.165) is 10.0 Å². The Kier molecular flexibility index (Phi) is 5.81. The summed E-state index contributed by atoms with van der Waals surface area (Å²) in [5.74, 6) is 0.383. The molecule has 0 saturated carbocycles. The van der Waals surface area contributed by atoms with E-state index in [1.165, 1.54) is 0 Å². The first-order chi connectivity index (χ1) is 8.29. The van der Waals surface area contributed by atoms with Crippen LogP contribution in [0.1, 0.15) is 18.5 Å². The van der Waals surface area contributed by atoms with Gasteiger partial charge >= 0.3 is 5.51 Å². The van der Waals surface area contributed by atoms with Crippen LogP contribution in [0.5, 0.6) is 5.75 Å². The van der Waals surface area contributed by atoms with Gasteiger partial charge in [0.2, 0.25) is 0 Å². The van der Waals surface area contributed by atoms with Gasteiger partial charge in [0.1, 0.15) is 5.75 Å². The molecule has 1 aromatic carbocycles. The van der Waals surface area contributed by atoms with Crippen LogP contribution >= 0.6 is 27.7 Å². The Morgan fingerprint density at radius 2 is 2.11 bits per heavy atom. The van der Waals surface area contributed by atoms with Crippen LogP contribution in [-0.4, -0.2) is 17.9 Å². The summed E-state index contributed by atoms with van der Waals surface area (Å²) >= 11 is 3.21. The smallest absolute Gasteiger partial charge is 0.441 e. The van der Waals surface area contributed by atoms with Gasteiger partial charge in [-0.2, -0.15) is 13.2 Å². The lowest BCUT2D eigenvalue weighted by Gasteiger charge is -2.14. The minimum Gasteiger partial charge on any atom is -0.492 e. The number of alkyl halides is 3. The Hall–Kier alpha value is -0.400. The molecule has 102 valence electrons. The van der Waals surface area contributed by atoms with E-state index in [1.807, 2.05) is 0 Å². The highest BCUT2D eigenvalue weighted by molar-refractivity contribution is 9.10. The second kappa shape index (κ2) is 6.68. The number of thioether (sulfide) groups is 1. The zero-order valence-corrected chi connectivity index (χ0v) is 12.0. The number of nitrogens with two attached hydrogens (primary N) is 1. The standard InChI is InChI=1S/C11H13BrF3NOS/c1-7(16)9-6-8(12)2-3-10(9)17-4-5-18-11(13,14)15/h2-3,6-7H,4-5,16H2,1H3. The SMILES string of the molecule is CC(N)c1cc(Br)ccc1OCCSC(F)(F)F. The van der Waals surface area contributed by atoms with E-state index in [1.54, 1.807) is 25.1 Å². The highest BCUT2D eigenvalue weighted by Crippen LogP contribution is 2.31. The van der Waals surface area contributed by atoms with Gasteiger partial charge in [-0.25, -0.2) is 0 Å². The molecule has 0 spiro atoms. The molecule has 0 fully saturated rings. The number of hydrogen-bond donors (Lipinski definition) is 1. The van der Waals surface area contributed by atoms with Crippen molar-refractivity contribution in [3.05, 3.63) is 28.2 Å². The summed E-state index contributed by atoms with van der Waals surface area (Å²) < 4.78 is 41.9. The fraction of sp³-hybridized carbons (Fsp3) is 0.455. The molecule has 0 radical (unpaired) electrons. The van der Waals surface area contributed by atoms with E-state index in [-0.39, 0.29) is 30.2 Å². The average Bonchev–Trinajstić information content (AvgIpc) is 2.24. The average molecular weight is 344 g/mol. The highest BCUT2D eigenvalue weighted by Gasteiger charge is 2.27. The number of halogens is 4. The molecule has 7 heteroatoms. The molecular weight excluding hydrogens is 331 g/mol. The van der Waals surface area contributed by atoms with Crippen LogP contribution in [-0.2, 0) is 0 Å². The van der Waals surface area contributed by atoms with E-state index >= 15 is 0 Å².